The summed E-state index contributed by atoms with van der Waals surface area (Å²) in [4.78, 5) is 12.9. The van der Waals surface area contributed by atoms with E-state index in [0.29, 0.717) is 12.8 Å². The van der Waals surface area contributed by atoms with E-state index in [9.17, 15) is 18.0 Å². The molecular formula is C8H10F3NO. The van der Waals surface area contributed by atoms with E-state index < -0.39 is 11.7 Å². The molecule has 1 aliphatic carbocycles. The van der Waals surface area contributed by atoms with E-state index in [1.807, 2.05) is 0 Å². The van der Waals surface area contributed by atoms with Crippen LogP contribution in [0.4, 0.5) is 13.2 Å². The first-order valence-electron chi connectivity index (χ1n) is 4.18. The van der Waals surface area contributed by atoms with E-state index >= 15 is 0 Å². The Kier molecular flexibility index (Phi) is 2.76. The lowest BCUT2D eigenvalue weighted by molar-refractivity contribution is -0.192. The van der Waals surface area contributed by atoms with Gasteiger partial charge in [0.25, 0.3) is 0 Å². The second kappa shape index (κ2) is 3.50. The Labute approximate surface area is 73.8 Å². The molecule has 0 radical (unpaired) electrons. The van der Waals surface area contributed by atoms with Gasteiger partial charge in [-0.25, -0.2) is 4.79 Å². The number of nitrogens with zero attached hydrogens (tertiary/aromatic N) is 1. The summed E-state index contributed by atoms with van der Waals surface area (Å²) in [5.41, 5.74) is -2.13. The van der Waals surface area contributed by atoms with E-state index in [2.05, 4.69) is 4.99 Å². The molecule has 0 aliphatic heterocycles. The molecule has 0 unspecified atom stereocenters. The van der Waals surface area contributed by atoms with Crippen LogP contribution in [0.25, 0.3) is 0 Å². The first-order valence-corrected chi connectivity index (χ1v) is 4.18. The summed E-state index contributed by atoms with van der Waals surface area (Å²) in [7, 11) is 0. The summed E-state index contributed by atoms with van der Waals surface area (Å²) in [6.07, 6.45) is -1.79. The Bertz CT molecular complexity index is 224. The molecular weight excluding hydrogens is 183 g/mol. The molecule has 1 fully saturated rings. The zero-order chi connectivity index (χ0) is 9.95. The molecule has 0 bridgehead atoms. The van der Waals surface area contributed by atoms with Gasteiger partial charge in [0.2, 0.25) is 6.08 Å². The molecule has 0 amide bonds. The fourth-order valence-electron chi connectivity index (χ4n) is 1.68. The summed E-state index contributed by atoms with van der Waals surface area (Å²) >= 11 is 0. The third-order valence-corrected chi connectivity index (χ3v) is 2.47. The van der Waals surface area contributed by atoms with Crippen molar-refractivity contribution in [3.63, 3.8) is 0 Å². The summed E-state index contributed by atoms with van der Waals surface area (Å²) in [5.74, 6) is 0. The number of hydrogen-bond acceptors (Lipinski definition) is 2. The van der Waals surface area contributed by atoms with Gasteiger partial charge in [-0.3, -0.25) is 0 Å². The van der Waals surface area contributed by atoms with Crippen LogP contribution >= 0.6 is 0 Å². The van der Waals surface area contributed by atoms with E-state index in [1.54, 1.807) is 0 Å². The van der Waals surface area contributed by atoms with Crippen molar-refractivity contribution in [3.8, 4) is 0 Å². The van der Waals surface area contributed by atoms with Crippen LogP contribution in [-0.4, -0.2) is 17.8 Å². The zero-order valence-electron chi connectivity index (χ0n) is 7.02. The van der Waals surface area contributed by atoms with Crippen LogP contribution in [0.3, 0.4) is 0 Å². The molecule has 1 rings (SSSR count). The SMILES string of the molecule is O=C=NC1(C(F)(F)F)CCCCC1. The van der Waals surface area contributed by atoms with Crippen LogP contribution < -0.4 is 0 Å². The predicted molar refractivity (Wildman–Crippen MR) is 40.0 cm³/mol. The minimum atomic E-state index is -4.41. The van der Waals surface area contributed by atoms with Gasteiger partial charge >= 0.3 is 6.18 Å². The molecule has 0 spiro atoms. The molecule has 1 aliphatic rings. The van der Waals surface area contributed by atoms with Gasteiger partial charge in [0.1, 0.15) is 0 Å². The molecule has 0 heterocycles. The minimum absolute atomic E-state index is 0.0776. The average Bonchev–Trinajstić information content (AvgIpc) is 2.04. The van der Waals surface area contributed by atoms with Gasteiger partial charge in [0.15, 0.2) is 5.54 Å². The molecule has 0 aromatic heterocycles. The molecule has 0 N–H and O–H groups in total. The minimum Gasteiger partial charge on any atom is -0.211 e. The third-order valence-electron chi connectivity index (χ3n) is 2.47. The normalized spacial score (nSPS) is 22.1. The van der Waals surface area contributed by atoms with Gasteiger partial charge in [0.05, 0.1) is 0 Å². The van der Waals surface area contributed by atoms with Crippen molar-refractivity contribution in [1.29, 1.82) is 0 Å². The number of carbonyl (C=O) groups excluding carboxylic acids is 1. The highest BCUT2D eigenvalue weighted by Gasteiger charge is 2.55. The molecule has 0 atom stereocenters. The van der Waals surface area contributed by atoms with Gasteiger partial charge in [-0.1, -0.05) is 19.3 Å². The Morgan fingerprint density at radius 1 is 1.15 bits per heavy atom. The number of hydrogen-bond donors (Lipinski definition) is 0. The molecule has 0 aromatic carbocycles. The maximum absolute atomic E-state index is 12.5. The first-order chi connectivity index (χ1) is 6.02. The number of alkyl halides is 3. The number of rotatable bonds is 1. The highest BCUT2D eigenvalue weighted by atomic mass is 19.4. The summed E-state index contributed by atoms with van der Waals surface area (Å²) in [5, 5.41) is 0. The smallest absolute Gasteiger partial charge is 0.211 e. The number of isocyanates is 1. The molecule has 2 nitrogen and oxygen atoms in total. The van der Waals surface area contributed by atoms with E-state index in [-0.39, 0.29) is 12.8 Å². The highest BCUT2D eigenvalue weighted by Crippen LogP contribution is 2.44. The molecule has 0 saturated heterocycles. The van der Waals surface area contributed by atoms with Crippen LogP contribution in [0.1, 0.15) is 32.1 Å². The van der Waals surface area contributed by atoms with Crippen molar-refractivity contribution >= 4 is 6.08 Å². The summed E-state index contributed by atoms with van der Waals surface area (Å²) in [6, 6.07) is 0. The Morgan fingerprint density at radius 2 is 1.69 bits per heavy atom. The standard InChI is InChI=1S/C8H10F3NO/c9-8(10,11)7(12-6-13)4-2-1-3-5-7/h1-5H2. The second-order valence-corrected chi connectivity index (χ2v) is 3.29. The molecule has 0 aromatic rings. The summed E-state index contributed by atoms with van der Waals surface area (Å²) in [6.45, 7) is 0. The Balaban J connectivity index is 2.92. The van der Waals surface area contributed by atoms with E-state index in [1.165, 1.54) is 0 Å². The lowest BCUT2D eigenvalue weighted by atomic mass is 9.82. The zero-order valence-corrected chi connectivity index (χ0v) is 7.02. The van der Waals surface area contributed by atoms with E-state index in [4.69, 9.17) is 0 Å². The van der Waals surface area contributed by atoms with Crippen LogP contribution in [0.15, 0.2) is 4.99 Å². The summed E-state index contributed by atoms with van der Waals surface area (Å²) < 4.78 is 37.5. The average molecular weight is 193 g/mol. The lowest BCUT2D eigenvalue weighted by Gasteiger charge is -2.33. The largest absolute Gasteiger partial charge is 0.414 e. The van der Waals surface area contributed by atoms with Crippen LogP contribution in [0, 0.1) is 0 Å². The fourth-order valence-corrected chi connectivity index (χ4v) is 1.68. The van der Waals surface area contributed by atoms with Gasteiger partial charge < -0.3 is 0 Å². The van der Waals surface area contributed by atoms with Crippen LogP contribution in [-0.2, 0) is 4.79 Å². The highest BCUT2D eigenvalue weighted by molar-refractivity contribution is 5.35. The van der Waals surface area contributed by atoms with Crippen molar-refractivity contribution < 1.29 is 18.0 Å². The van der Waals surface area contributed by atoms with Gasteiger partial charge in [-0.05, 0) is 12.8 Å². The van der Waals surface area contributed by atoms with Gasteiger partial charge in [-0.2, -0.15) is 18.2 Å². The molecule has 1 saturated carbocycles. The van der Waals surface area contributed by atoms with Crippen molar-refractivity contribution in [2.75, 3.05) is 0 Å². The molecule has 13 heavy (non-hydrogen) atoms. The third kappa shape index (κ3) is 1.91. The van der Waals surface area contributed by atoms with Crippen molar-refractivity contribution in [3.05, 3.63) is 0 Å². The van der Waals surface area contributed by atoms with Gasteiger partial charge in [-0.15, -0.1) is 0 Å². The molecule has 5 heteroatoms. The first kappa shape index (κ1) is 10.3. The van der Waals surface area contributed by atoms with Crippen molar-refractivity contribution in [2.24, 2.45) is 4.99 Å². The maximum Gasteiger partial charge on any atom is 0.414 e. The number of aliphatic imine (C=N–C) groups is 1. The predicted octanol–water partition coefficient (Wildman–Crippen LogP) is 2.59. The van der Waals surface area contributed by atoms with Gasteiger partial charge in [0, 0.05) is 0 Å². The number of halogens is 3. The Morgan fingerprint density at radius 3 is 2.08 bits per heavy atom. The second-order valence-electron chi connectivity index (χ2n) is 3.29. The van der Waals surface area contributed by atoms with Crippen LogP contribution in [0.2, 0.25) is 0 Å². The maximum atomic E-state index is 12.5. The van der Waals surface area contributed by atoms with Crippen molar-refractivity contribution in [2.45, 2.75) is 43.8 Å². The van der Waals surface area contributed by atoms with Crippen LogP contribution in [0.5, 0.6) is 0 Å². The lowest BCUT2D eigenvalue weighted by Crippen LogP contribution is -2.44. The topological polar surface area (TPSA) is 29.4 Å². The quantitative estimate of drug-likeness (QED) is 0.465. The van der Waals surface area contributed by atoms with E-state index in [0.717, 1.165) is 12.5 Å². The monoisotopic (exact) mass is 193 g/mol. The fraction of sp³-hybridized carbons (Fsp3) is 0.875. The van der Waals surface area contributed by atoms with Crippen molar-refractivity contribution in [1.82, 2.24) is 0 Å². The Hall–Kier alpha value is -0.830. The molecule has 74 valence electrons.